The van der Waals surface area contributed by atoms with Crippen molar-refractivity contribution in [2.75, 3.05) is 19.4 Å². The van der Waals surface area contributed by atoms with Crippen LogP contribution in [0.4, 0.5) is 11.5 Å². The Bertz CT molecular complexity index is 677. The summed E-state index contributed by atoms with van der Waals surface area (Å²) in [5.74, 6) is 0.603. The Balaban J connectivity index is 2.19. The van der Waals surface area contributed by atoms with Gasteiger partial charge in [0.05, 0.1) is 0 Å². The number of pyridine rings is 1. The molecule has 2 aromatic rings. The van der Waals surface area contributed by atoms with E-state index in [1.165, 1.54) is 25.9 Å². The van der Waals surface area contributed by atoms with E-state index in [1.807, 2.05) is 31.2 Å². The number of aromatic nitrogens is 1. The van der Waals surface area contributed by atoms with Crippen LogP contribution in [0.1, 0.15) is 5.56 Å². The molecule has 0 bridgehead atoms. The first-order chi connectivity index (χ1) is 9.39. The smallest absolute Gasteiger partial charge is 0.244 e. The van der Waals surface area contributed by atoms with Gasteiger partial charge in [0.25, 0.3) is 0 Å². The third kappa shape index (κ3) is 3.15. The summed E-state index contributed by atoms with van der Waals surface area (Å²) in [7, 11) is -0.441. The van der Waals surface area contributed by atoms with Crippen molar-refractivity contribution in [3.8, 4) is 0 Å². The Labute approximate surface area is 119 Å². The van der Waals surface area contributed by atoms with Gasteiger partial charge < -0.3 is 5.32 Å². The van der Waals surface area contributed by atoms with Crippen molar-refractivity contribution >= 4 is 21.5 Å². The molecular weight excluding hydrogens is 274 g/mol. The average Bonchev–Trinajstić information content (AvgIpc) is 2.42. The molecule has 0 unspecified atom stereocenters. The van der Waals surface area contributed by atoms with Gasteiger partial charge in [-0.3, -0.25) is 0 Å². The van der Waals surface area contributed by atoms with Gasteiger partial charge in [-0.1, -0.05) is 17.7 Å². The van der Waals surface area contributed by atoms with Crippen LogP contribution in [0.3, 0.4) is 0 Å². The van der Waals surface area contributed by atoms with Crippen LogP contribution in [0.2, 0.25) is 0 Å². The Morgan fingerprint density at radius 2 is 1.70 bits per heavy atom. The minimum absolute atomic E-state index is 0.178. The van der Waals surface area contributed by atoms with Crippen LogP contribution in [0, 0.1) is 6.92 Å². The third-order valence-corrected chi connectivity index (χ3v) is 4.64. The van der Waals surface area contributed by atoms with Crippen LogP contribution in [-0.4, -0.2) is 31.8 Å². The first kappa shape index (κ1) is 14.5. The molecule has 1 heterocycles. The Morgan fingerprint density at radius 3 is 2.20 bits per heavy atom. The summed E-state index contributed by atoms with van der Waals surface area (Å²) in [5, 5.41) is 3.12. The van der Waals surface area contributed by atoms with Crippen molar-refractivity contribution in [2.45, 2.75) is 11.8 Å². The second-order valence-corrected chi connectivity index (χ2v) is 6.81. The second-order valence-electron chi connectivity index (χ2n) is 4.66. The molecular formula is C14H17N3O2S. The highest BCUT2D eigenvalue weighted by Crippen LogP contribution is 2.18. The summed E-state index contributed by atoms with van der Waals surface area (Å²) in [5.41, 5.74) is 2.09. The molecule has 20 heavy (non-hydrogen) atoms. The SMILES string of the molecule is Cc1ccc(Nc2ccc(S(=O)(=O)N(C)C)cn2)cc1. The maximum absolute atomic E-state index is 11.9. The van der Waals surface area contributed by atoms with E-state index in [4.69, 9.17) is 0 Å². The lowest BCUT2D eigenvalue weighted by molar-refractivity contribution is 0.520. The zero-order valence-corrected chi connectivity index (χ0v) is 12.5. The molecule has 0 atom stereocenters. The van der Waals surface area contributed by atoms with Crippen molar-refractivity contribution in [2.24, 2.45) is 0 Å². The molecule has 0 spiro atoms. The van der Waals surface area contributed by atoms with Gasteiger partial charge >= 0.3 is 0 Å². The number of nitrogens with one attached hydrogen (secondary N) is 1. The van der Waals surface area contributed by atoms with Crippen molar-refractivity contribution in [3.05, 3.63) is 48.2 Å². The molecule has 1 aromatic carbocycles. The molecule has 1 N–H and O–H groups in total. The van der Waals surface area contributed by atoms with Gasteiger partial charge in [-0.15, -0.1) is 0 Å². The molecule has 0 aliphatic carbocycles. The van der Waals surface area contributed by atoms with E-state index in [0.29, 0.717) is 5.82 Å². The summed E-state index contributed by atoms with van der Waals surface area (Å²) in [4.78, 5) is 4.31. The maximum Gasteiger partial charge on any atom is 0.244 e. The second kappa shape index (κ2) is 5.60. The summed E-state index contributed by atoms with van der Waals surface area (Å²) < 4.78 is 25.0. The van der Waals surface area contributed by atoms with Gasteiger partial charge in [0.15, 0.2) is 0 Å². The van der Waals surface area contributed by atoms with Crippen LogP contribution >= 0.6 is 0 Å². The van der Waals surface area contributed by atoms with Gasteiger partial charge in [-0.05, 0) is 31.2 Å². The highest BCUT2D eigenvalue weighted by atomic mass is 32.2. The lowest BCUT2D eigenvalue weighted by Crippen LogP contribution is -2.22. The molecule has 1 aromatic heterocycles. The van der Waals surface area contributed by atoms with Crippen molar-refractivity contribution < 1.29 is 8.42 Å². The van der Waals surface area contributed by atoms with E-state index in [-0.39, 0.29) is 4.90 Å². The molecule has 106 valence electrons. The topological polar surface area (TPSA) is 62.3 Å². The summed E-state index contributed by atoms with van der Waals surface area (Å²) in [6, 6.07) is 11.1. The van der Waals surface area contributed by atoms with E-state index in [2.05, 4.69) is 10.3 Å². The van der Waals surface area contributed by atoms with Crippen LogP contribution in [0.25, 0.3) is 0 Å². The fraction of sp³-hybridized carbons (Fsp3) is 0.214. The Morgan fingerprint density at radius 1 is 1.05 bits per heavy atom. The minimum Gasteiger partial charge on any atom is -0.340 e. The lowest BCUT2D eigenvalue weighted by Gasteiger charge is -2.11. The fourth-order valence-corrected chi connectivity index (χ4v) is 2.45. The monoisotopic (exact) mass is 291 g/mol. The lowest BCUT2D eigenvalue weighted by atomic mass is 10.2. The molecule has 0 amide bonds. The number of rotatable bonds is 4. The number of hydrogen-bond acceptors (Lipinski definition) is 4. The van der Waals surface area contributed by atoms with E-state index >= 15 is 0 Å². The normalized spacial score (nSPS) is 11.6. The maximum atomic E-state index is 11.9. The van der Waals surface area contributed by atoms with E-state index in [1.54, 1.807) is 12.1 Å². The van der Waals surface area contributed by atoms with Gasteiger partial charge in [0, 0.05) is 26.0 Å². The fourth-order valence-electron chi connectivity index (χ4n) is 1.60. The predicted molar refractivity (Wildman–Crippen MR) is 79.6 cm³/mol. The Kier molecular flexibility index (Phi) is 4.06. The quantitative estimate of drug-likeness (QED) is 0.939. The molecule has 0 aliphatic heterocycles. The first-order valence-corrected chi connectivity index (χ1v) is 7.56. The number of sulfonamides is 1. The van der Waals surface area contributed by atoms with Gasteiger partial charge in [0.2, 0.25) is 10.0 Å². The zero-order valence-electron chi connectivity index (χ0n) is 11.7. The van der Waals surface area contributed by atoms with Gasteiger partial charge in [-0.2, -0.15) is 0 Å². The standard InChI is InChI=1S/C14H17N3O2S/c1-11-4-6-12(7-5-11)16-14-9-8-13(10-15-14)20(18,19)17(2)3/h4-10H,1-3H3,(H,15,16). The van der Waals surface area contributed by atoms with Gasteiger partial charge in [0.1, 0.15) is 10.7 Å². The molecule has 0 aliphatic rings. The van der Waals surface area contributed by atoms with Crippen LogP contribution in [0.5, 0.6) is 0 Å². The third-order valence-electron chi connectivity index (χ3n) is 2.84. The molecule has 0 fully saturated rings. The minimum atomic E-state index is -3.43. The Hall–Kier alpha value is -1.92. The molecule has 0 saturated carbocycles. The largest absolute Gasteiger partial charge is 0.340 e. The van der Waals surface area contributed by atoms with Crippen LogP contribution < -0.4 is 5.32 Å². The molecule has 5 nitrogen and oxygen atoms in total. The van der Waals surface area contributed by atoms with Crippen molar-refractivity contribution in [1.29, 1.82) is 0 Å². The number of anilines is 2. The highest BCUT2D eigenvalue weighted by molar-refractivity contribution is 7.89. The number of hydrogen-bond donors (Lipinski definition) is 1. The van der Waals surface area contributed by atoms with Crippen LogP contribution in [0.15, 0.2) is 47.5 Å². The van der Waals surface area contributed by atoms with Crippen LogP contribution in [-0.2, 0) is 10.0 Å². The number of nitrogens with zero attached hydrogens (tertiary/aromatic N) is 2. The van der Waals surface area contributed by atoms with E-state index < -0.39 is 10.0 Å². The zero-order chi connectivity index (χ0) is 14.8. The van der Waals surface area contributed by atoms with Crippen molar-refractivity contribution in [3.63, 3.8) is 0 Å². The average molecular weight is 291 g/mol. The molecule has 6 heteroatoms. The van der Waals surface area contributed by atoms with Crippen molar-refractivity contribution in [1.82, 2.24) is 9.29 Å². The molecule has 2 rings (SSSR count). The summed E-state index contributed by atoms with van der Waals surface area (Å²) in [6.45, 7) is 2.02. The van der Waals surface area contributed by atoms with E-state index in [0.717, 1.165) is 9.99 Å². The van der Waals surface area contributed by atoms with E-state index in [9.17, 15) is 8.42 Å². The summed E-state index contributed by atoms with van der Waals surface area (Å²) >= 11 is 0. The first-order valence-electron chi connectivity index (χ1n) is 6.12. The molecule has 0 saturated heterocycles. The number of benzene rings is 1. The van der Waals surface area contributed by atoms with Gasteiger partial charge in [-0.25, -0.2) is 17.7 Å². The number of aryl methyl sites for hydroxylation is 1. The predicted octanol–water partition coefficient (Wildman–Crippen LogP) is 2.38. The molecule has 0 radical (unpaired) electrons. The highest BCUT2D eigenvalue weighted by Gasteiger charge is 2.17. The summed E-state index contributed by atoms with van der Waals surface area (Å²) in [6.07, 6.45) is 1.35.